The van der Waals surface area contributed by atoms with Crippen LogP contribution in [0.4, 0.5) is 0 Å². The minimum atomic E-state index is -0.239. The van der Waals surface area contributed by atoms with Gasteiger partial charge in [-0.25, -0.2) is 0 Å². The van der Waals surface area contributed by atoms with Crippen LogP contribution in [-0.2, 0) is 12.8 Å². The third-order valence-corrected chi connectivity index (χ3v) is 6.55. The third kappa shape index (κ3) is 4.43. The van der Waals surface area contributed by atoms with E-state index in [4.69, 9.17) is 0 Å². The molecular weight excluding hydrogens is 283 g/mol. The molecule has 0 saturated heterocycles. The minimum absolute atomic E-state index is 0.239. The van der Waals surface area contributed by atoms with Gasteiger partial charge in [0.15, 0.2) is 0 Å². The molecule has 0 spiro atoms. The van der Waals surface area contributed by atoms with Crippen molar-refractivity contribution < 1.29 is 0 Å². The molecule has 22 heavy (non-hydrogen) atoms. The van der Waals surface area contributed by atoms with E-state index in [1.54, 1.807) is 16.4 Å². The van der Waals surface area contributed by atoms with Crippen LogP contribution >= 0.6 is 7.92 Å². The Hall–Kier alpha value is -1.13. The summed E-state index contributed by atoms with van der Waals surface area (Å²) in [6.07, 6.45) is 7.63. The number of aryl methyl sites for hydroxylation is 1. The van der Waals surface area contributed by atoms with Gasteiger partial charge in [0.2, 0.25) is 0 Å². The van der Waals surface area contributed by atoms with Gasteiger partial charge in [-0.05, 0) is 62.0 Å². The molecule has 1 unspecified atom stereocenters. The van der Waals surface area contributed by atoms with E-state index in [9.17, 15) is 0 Å². The number of hydrogen-bond donors (Lipinski definition) is 0. The molecule has 0 heterocycles. The standard InChI is InChI=1S/C21H29P/c1-4-6-12-18-13-11-17-21(20(18)16-7-5-2)22(3)19-14-9-8-10-15-19/h8-11,13-15,17H,4-7,12,16H2,1-3H3. The smallest absolute Gasteiger partial charge is 0.0163 e. The zero-order valence-electron chi connectivity index (χ0n) is 14.3. The Balaban J connectivity index is 2.36. The van der Waals surface area contributed by atoms with Crippen LogP contribution in [0.1, 0.15) is 50.7 Å². The Bertz CT molecular complexity index is 559. The van der Waals surface area contributed by atoms with Crippen molar-refractivity contribution in [3.63, 3.8) is 0 Å². The highest BCUT2D eigenvalue weighted by atomic mass is 31.1. The maximum absolute atomic E-state index is 2.42. The lowest BCUT2D eigenvalue weighted by molar-refractivity contribution is 0.761. The summed E-state index contributed by atoms with van der Waals surface area (Å²) in [6.45, 7) is 6.99. The van der Waals surface area contributed by atoms with Crippen LogP contribution in [-0.4, -0.2) is 6.66 Å². The molecule has 0 radical (unpaired) electrons. The molecule has 0 saturated carbocycles. The van der Waals surface area contributed by atoms with Crippen LogP contribution < -0.4 is 10.6 Å². The Labute approximate surface area is 137 Å². The summed E-state index contributed by atoms with van der Waals surface area (Å²) < 4.78 is 0. The zero-order chi connectivity index (χ0) is 15.8. The van der Waals surface area contributed by atoms with Gasteiger partial charge in [-0.3, -0.25) is 0 Å². The lowest BCUT2D eigenvalue weighted by atomic mass is 9.98. The minimum Gasteiger partial charge on any atom is -0.0654 e. The molecule has 0 N–H and O–H groups in total. The fourth-order valence-corrected chi connectivity index (χ4v) is 4.84. The first-order chi connectivity index (χ1) is 10.8. The third-order valence-electron chi connectivity index (χ3n) is 4.33. The van der Waals surface area contributed by atoms with Crippen molar-refractivity contribution in [2.75, 3.05) is 6.66 Å². The molecule has 0 aliphatic carbocycles. The molecular formula is C21H29P. The number of benzene rings is 2. The molecule has 0 amide bonds. The monoisotopic (exact) mass is 312 g/mol. The van der Waals surface area contributed by atoms with Gasteiger partial charge < -0.3 is 0 Å². The van der Waals surface area contributed by atoms with E-state index < -0.39 is 0 Å². The van der Waals surface area contributed by atoms with Crippen molar-refractivity contribution in [1.82, 2.24) is 0 Å². The number of unbranched alkanes of at least 4 members (excludes halogenated alkanes) is 2. The van der Waals surface area contributed by atoms with Gasteiger partial charge in [0, 0.05) is 0 Å². The van der Waals surface area contributed by atoms with Crippen LogP contribution in [0.25, 0.3) is 0 Å². The van der Waals surface area contributed by atoms with Crippen LogP contribution in [0.2, 0.25) is 0 Å². The molecule has 118 valence electrons. The quantitative estimate of drug-likeness (QED) is 0.570. The fourth-order valence-electron chi connectivity index (χ4n) is 2.97. The lowest BCUT2D eigenvalue weighted by Crippen LogP contribution is -2.17. The summed E-state index contributed by atoms with van der Waals surface area (Å²) in [7, 11) is -0.239. The van der Waals surface area contributed by atoms with Gasteiger partial charge in [-0.2, -0.15) is 0 Å². The average molecular weight is 312 g/mol. The van der Waals surface area contributed by atoms with Crippen molar-refractivity contribution >= 4 is 18.5 Å². The molecule has 0 bridgehead atoms. The molecule has 0 aliphatic heterocycles. The second-order valence-corrected chi connectivity index (χ2v) is 8.13. The highest BCUT2D eigenvalue weighted by molar-refractivity contribution is 7.72. The van der Waals surface area contributed by atoms with E-state index in [0.717, 1.165) is 0 Å². The van der Waals surface area contributed by atoms with Crippen molar-refractivity contribution in [3.8, 4) is 0 Å². The Morgan fingerprint density at radius 3 is 2.14 bits per heavy atom. The van der Waals surface area contributed by atoms with Crippen molar-refractivity contribution in [3.05, 3.63) is 59.7 Å². The van der Waals surface area contributed by atoms with Crippen molar-refractivity contribution in [2.24, 2.45) is 0 Å². The molecule has 2 aromatic carbocycles. The summed E-state index contributed by atoms with van der Waals surface area (Å²) in [6, 6.07) is 18.0. The first-order valence-corrected chi connectivity index (χ1v) is 10.5. The summed E-state index contributed by atoms with van der Waals surface area (Å²) >= 11 is 0. The second kappa shape index (κ2) is 9.11. The lowest BCUT2D eigenvalue weighted by Gasteiger charge is -2.20. The highest BCUT2D eigenvalue weighted by Gasteiger charge is 2.14. The van der Waals surface area contributed by atoms with E-state index in [1.807, 2.05) is 0 Å². The molecule has 0 aromatic heterocycles. The Morgan fingerprint density at radius 1 is 0.773 bits per heavy atom. The van der Waals surface area contributed by atoms with Gasteiger partial charge in [-0.1, -0.05) is 75.2 Å². The fraction of sp³-hybridized carbons (Fsp3) is 0.429. The van der Waals surface area contributed by atoms with Gasteiger partial charge in [0.05, 0.1) is 0 Å². The Morgan fingerprint density at radius 2 is 1.45 bits per heavy atom. The van der Waals surface area contributed by atoms with Crippen molar-refractivity contribution in [1.29, 1.82) is 0 Å². The van der Waals surface area contributed by atoms with Gasteiger partial charge in [-0.15, -0.1) is 0 Å². The topological polar surface area (TPSA) is 0 Å². The predicted octanol–water partition coefficient (Wildman–Crippen LogP) is 5.43. The van der Waals surface area contributed by atoms with Crippen LogP contribution in [0, 0.1) is 0 Å². The molecule has 2 rings (SSSR count). The second-order valence-electron chi connectivity index (χ2n) is 6.02. The first-order valence-electron chi connectivity index (χ1n) is 8.67. The summed E-state index contributed by atoms with van der Waals surface area (Å²) in [5.74, 6) is 0. The Kier molecular flexibility index (Phi) is 7.13. The average Bonchev–Trinajstić information content (AvgIpc) is 2.58. The summed E-state index contributed by atoms with van der Waals surface area (Å²) in [5, 5.41) is 3.09. The zero-order valence-corrected chi connectivity index (χ0v) is 15.2. The maximum atomic E-state index is 2.42. The van der Waals surface area contributed by atoms with Crippen LogP contribution in [0.5, 0.6) is 0 Å². The highest BCUT2D eigenvalue weighted by Crippen LogP contribution is 2.32. The van der Waals surface area contributed by atoms with Crippen LogP contribution in [0.15, 0.2) is 48.5 Å². The van der Waals surface area contributed by atoms with Gasteiger partial charge in [0.25, 0.3) is 0 Å². The van der Waals surface area contributed by atoms with E-state index in [0.29, 0.717) is 0 Å². The largest absolute Gasteiger partial charge is 0.0654 e. The van der Waals surface area contributed by atoms with E-state index in [1.165, 1.54) is 43.8 Å². The number of rotatable bonds is 8. The van der Waals surface area contributed by atoms with Gasteiger partial charge in [0.1, 0.15) is 0 Å². The predicted molar refractivity (Wildman–Crippen MR) is 102 cm³/mol. The first kappa shape index (κ1) is 17.2. The SMILES string of the molecule is CCCCc1cccc(P(C)c2ccccc2)c1CCCC. The van der Waals surface area contributed by atoms with E-state index in [-0.39, 0.29) is 7.92 Å². The summed E-state index contributed by atoms with van der Waals surface area (Å²) in [4.78, 5) is 0. The maximum Gasteiger partial charge on any atom is -0.0163 e. The van der Waals surface area contributed by atoms with Gasteiger partial charge >= 0.3 is 0 Å². The molecule has 1 heteroatoms. The molecule has 0 fully saturated rings. The van der Waals surface area contributed by atoms with Crippen molar-refractivity contribution in [2.45, 2.75) is 52.4 Å². The normalized spacial score (nSPS) is 12.3. The number of hydrogen-bond acceptors (Lipinski definition) is 0. The summed E-state index contributed by atoms with van der Waals surface area (Å²) in [5.41, 5.74) is 3.24. The van der Waals surface area contributed by atoms with Crippen LogP contribution in [0.3, 0.4) is 0 Å². The molecule has 1 atom stereocenters. The van der Waals surface area contributed by atoms with E-state index in [2.05, 4.69) is 69.0 Å². The molecule has 0 nitrogen and oxygen atoms in total. The molecule has 2 aromatic rings. The molecule has 0 aliphatic rings. The van der Waals surface area contributed by atoms with E-state index >= 15 is 0 Å².